The van der Waals surface area contributed by atoms with Crippen LogP contribution >= 0.6 is 0 Å². The van der Waals surface area contributed by atoms with Gasteiger partial charge in [-0.25, -0.2) is 9.78 Å². The number of aliphatic carboxylic acids is 1. The lowest BCUT2D eigenvalue weighted by molar-refractivity contribution is -0.145. The van der Waals surface area contributed by atoms with Crippen molar-refractivity contribution >= 4 is 39.1 Å². The van der Waals surface area contributed by atoms with E-state index in [1.165, 1.54) is 6.92 Å². The molecule has 0 spiro atoms. The molecular weight excluding hydrogens is 322 g/mol. The zero-order valence-electron chi connectivity index (χ0n) is 14.1. The van der Waals surface area contributed by atoms with E-state index in [-0.39, 0.29) is 0 Å². The van der Waals surface area contributed by atoms with E-state index in [1.807, 2.05) is 43.3 Å². The Bertz CT molecular complexity index is 910. The second-order valence-corrected chi connectivity index (χ2v) is 5.43. The molecule has 7 heteroatoms. The van der Waals surface area contributed by atoms with E-state index >= 15 is 0 Å². The fourth-order valence-electron chi connectivity index (χ4n) is 2.23. The van der Waals surface area contributed by atoms with Gasteiger partial charge in [-0.1, -0.05) is 0 Å². The molecule has 0 aliphatic rings. The molecule has 1 unspecified atom stereocenters. The van der Waals surface area contributed by atoms with Gasteiger partial charge in [0.15, 0.2) is 0 Å². The molecule has 0 bridgehead atoms. The third-order valence-electron chi connectivity index (χ3n) is 3.48. The number of rotatable bonds is 3. The molecule has 6 N–H and O–H groups in total. The van der Waals surface area contributed by atoms with Crippen molar-refractivity contribution in [2.24, 2.45) is 0 Å². The molecule has 0 amide bonds. The number of carboxylic acids is 1. The van der Waals surface area contributed by atoms with Crippen LogP contribution in [-0.2, 0) is 4.79 Å². The number of anilines is 2. The molecule has 3 rings (SSSR count). The Kier molecular flexibility index (Phi) is 5.61. The zero-order valence-corrected chi connectivity index (χ0v) is 14.1. The first-order valence-electron chi connectivity index (χ1n) is 7.75. The number of pyridine rings is 1. The van der Waals surface area contributed by atoms with Gasteiger partial charge >= 0.3 is 5.97 Å². The standard InChI is InChI=1S/C15H15N3O.C3H6O3/c1-2-19-10-4-6-13-12(8-10)15(17)11-5-3-9(16)7-14(11)18-13;1-2(4)3(5)6/h3-8H,2,16H2,1H3,(H2,17,18);2,4H,1H3,(H,5,6). The first kappa shape index (κ1) is 18.3. The minimum atomic E-state index is -1.23. The van der Waals surface area contributed by atoms with Gasteiger partial charge in [0.05, 0.1) is 23.3 Å². The van der Waals surface area contributed by atoms with Gasteiger partial charge in [-0.05, 0) is 50.2 Å². The summed E-state index contributed by atoms with van der Waals surface area (Å²) in [7, 11) is 0. The highest BCUT2D eigenvalue weighted by Gasteiger charge is 2.08. The highest BCUT2D eigenvalue weighted by molar-refractivity contribution is 6.07. The van der Waals surface area contributed by atoms with Crippen LogP contribution in [0.15, 0.2) is 36.4 Å². The second-order valence-electron chi connectivity index (χ2n) is 5.43. The molecule has 0 saturated carbocycles. The van der Waals surface area contributed by atoms with Gasteiger partial charge in [0.2, 0.25) is 0 Å². The molecule has 2 aromatic carbocycles. The van der Waals surface area contributed by atoms with Crippen molar-refractivity contribution in [2.45, 2.75) is 20.0 Å². The number of hydrogen-bond donors (Lipinski definition) is 4. The SMILES string of the molecule is CC(O)C(=O)O.CCOc1ccc2nc3cc(N)ccc3c(N)c2c1. The van der Waals surface area contributed by atoms with E-state index in [2.05, 4.69) is 4.98 Å². The van der Waals surface area contributed by atoms with E-state index < -0.39 is 12.1 Å². The maximum atomic E-state index is 9.45. The predicted octanol–water partition coefficient (Wildman–Crippen LogP) is 2.40. The maximum absolute atomic E-state index is 9.45. The molecule has 0 aliphatic carbocycles. The molecular formula is C18H21N3O4. The van der Waals surface area contributed by atoms with Crippen LogP contribution in [0.1, 0.15) is 13.8 Å². The Balaban J connectivity index is 0.000000326. The molecule has 0 aliphatic heterocycles. The lowest BCUT2D eigenvalue weighted by Crippen LogP contribution is -2.13. The van der Waals surface area contributed by atoms with Gasteiger partial charge in [-0.3, -0.25) is 0 Å². The van der Waals surface area contributed by atoms with E-state index in [0.717, 1.165) is 27.6 Å². The van der Waals surface area contributed by atoms with Crippen LogP contribution in [0.25, 0.3) is 21.8 Å². The Morgan fingerprint density at radius 2 is 1.84 bits per heavy atom. The smallest absolute Gasteiger partial charge is 0.332 e. The Morgan fingerprint density at radius 1 is 1.16 bits per heavy atom. The van der Waals surface area contributed by atoms with Crippen molar-refractivity contribution in [1.82, 2.24) is 4.98 Å². The van der Waals surface area contributed by atoms with Gasteiger partial charge in [0.25, 0.3) is 0 Å². The van der Waals surface area contributed by atoms with E-state index in [0.29, 0.717) is 18.0 Å². The third kappa shape index (κ3) is 4.27. The Labute approximate surface area is 144 Å². The molecule has 25 heavy (non-hydrogen) atoms. The lowest BCUT2D eigenvalue weighted by atomic mass is 10.1. The second kappa shape index (κ2) is 7.67. The summed E-state index contributed by atoms with van der Waals surface area (Å²) in [6, 6.07) is 11.3. The van der Waals surface area contributed by atoms with E-state index in [1.54, 1.807) is 0 Å². The molecule has 132 valence electrons. The minimum absolute atomic E-state index is 0.628. The number of ether oxygens (including phenoxy) is 1. The minimum Gasteiger partial charge on any atom is -0.494 e. The summed E-state index contributed by atoms with van der Waals surface area (Å²) in [5.41, 5.74) is 15.1. The summed E-state index contributed by atoms with van der Waals surface area (Å²) in [6.07, 6.45) is -1.23. The van der Waals surface area contributed by atoms with Crippen molar-refractivity contribution < 1.29 is 19.7 Å². The van der Waals surface area contributed by atoms with Crippen molar-refractivity contribution in [3.63, 3.8) is 0 Å². The average Bonchev–Trinajstić information content (AvgIpc) is 2.56. The highest BCUT2D eigenvalue weighted by Crippen LogP contribution is 2.31. The predicted molar refractivity (Wildman–Crippen MR) is 98.6 cm³/mol. The van der Waals surface area contributed by atoms with Gasteiger partial charge in [-0.15, -0.1) is 0 Å². The summed E-state index contributed by atoms with van der Waals surface area (Å²) in [4.78, 5) is 14.0. The van der Waals surface area contributed by atoms with Crippen LogP contribution in [0, 0.1) is 0 Å². The summed E-state index contributed by atoms with van der Waals surface area (Å²) in [5, 5.41) is 17.6. The van der Waals surface area contributed by atoms with Crippen molar-refractivity contribution in [1.29, 1.82) is 0 Å². The number of hydrogen-bond acceptors (Lipinski definition) is 6. The number of aromatic nitrogens is 1. The van der Waals surface area contributed by atoms with E-state index in [4.69, 9.17) is 26.4 Å². The number of aliphatic hydroxyl groups excluding tert-OH is 1. The van der Waals surface area contributed by atoms with Crippen LogP contribution in [0.2, 0.25) is 0 Å². The molecule has 0 saturated heterocycles. The van der Waals surface area contributed by atoms with Crippen LogP contribution in [0.3, 0.4) is 0 Å². The van der Waals surface area contributed by atoms with Crippen molar-refractivity contribution in [3.05, 3.63) is 36.4 Å². The largest absolute Gasteiger partial charge is 0.494 e. The summed E-state index contributed by atoms with van der Waals surface area (Å²) >= 11 is 0. The fraction of sp³-hybridized carbons (Fsp3) is 0.222. The van der Waals surface area contributed by atoms with Gasteiger partial charge < -0.3 is 26.4 Å². The van der Waals surface area contributed by atoms with Crippen LogP contribution < -0.4 is 16.2 Å². The van der Waals surface area contributed by atoms with E-state index in [9.17, 15) is 4.79 Å². The zero-order chi connectivity index (χ0) is 18.6. The summed E-state index contributed by atoms with van der Waals surface area (Å²) in [5.74, 6) is -0.381. The molecule has 1 atom stereocenters. The Morgan fingerprint density at radius 3 is 2.44 bits per heavy atom. The number of carbonyl (C=O) groups is 1. The first-order chi connectivity index (χ1) is 11.8. The summed E-state index contributed by atoms with van der Waals surface area (Å²) < 4.78 is 5.50. The molecule has 3 aromatic rings. The number of nitrogens with two attached hydrogens (primary N) is 2. The highest BCUT2D eigenvalue weighted by atomic mass is 16.5. The Hall–Kier alpha value is -3.06. The summed E-state index contributed by atoms with van der Waals surface area (Å²) in [6.45, 7) is 3.78. The molecule has 1 heterocycles. The van der Waals surface area contributed by atoms with Crippen LogP contribution in [0.5, 0.6) is 5.75 Å². The number of nitrogen functional groups attached to an aromatic ring is 2. The molecule has 7 nitrogen and oxygen atoms in total. The quantitative estimate of drug-likeness (QED) is 0.424. The van der Waals surface area contributed by atoms with Crippen LogP contribution in [0.4, 0.5) is 11.4 Å². The third-order valence-corrected chi connectivity index (χ3v) is 3.48. The van der Waals surface area contributed by atoms with Gasteiger partial charge in [-0.2, -0.15) is 0 Å². The number of benzene rings is 2. The molecule has 1 aromatic heterocycles. The van der Waals surface area contributed by atoms with Crippen molar-refractivity contribution in [2.75, 3.05) is 18.1 Å². The normalized spacial score (nSPS) is 11.6. The lowest BCUT2D eigenvalue weighted by Gasteiger charge is -2.09. The average molecular weight is 343 g/mol. The molecule has 0 radical (unpaired) electrons. The number of nitrogens with zero attached hydrogens (tertiary/aromatic N) is 1. The van der Waals surface area contributed by atoms with Gasteiger partial charge in [0, 0.05) is 16.5 Å². The van der Waals surface area contributed by atoms with Gasteiger partial charge in [0.1, 0.15) is 11.9 Å². The van der Waals surface area contributed by atoms with Crippen molar-refractivity contribution in [3.8, 4) is 5.75 Å². The van der Waals surface area contributed by atoms with Crippen LogP contribution in [-0.4, -0.2) is 33.9 Å². The first-order valence-corrected chi connectivity index (χ1v) is 7.75. The number of fused-ring (bicyclic) bond motifs is 2. The topological polar surface area (TPSA) is 132 Å². The molecule has 0 fully saturated rings. The maximum Gasteiger partial charge on any atom is 0.332 e. The monoisotopic (exact) mass is 343 g/mol. The fourth-order valence-corrected chi connectivity index (χ4v) is 2.23. The number of aliphatic hydroxyl groups is 1. The number of carboxylic acid groups (broad SMARTS) is 1.